The SMILES string of the molecule is O=C(Cc1cccc2ccccc12)NCc1ccccc1F. The molecule has 0 saturated heterocycles. The number of hydrogen-bond acceptors (Lipinski definition) is 1. The summed E-state index contributed by atoms with van der Waals surface area (Å²) in [6.45, 7) is 0.205. The van der Waals surface area contributed by atoms with Crippen molar-refractivity contribution in [1.82, 2.24) is 5.32 Å². The van der Waals surface area contributed by atoms with Crippen molar-refractivity contribution < 1.29 is 9.18 Å². The largest absolute Gasteiger partial charge is 0.352 e. The van der Waals surface area contributed by atoms with Crippen LogP contribution in [-0.2, 0) is 17.8 Å². The third kappa shape index (κ3) is 3.14. The van der Waals surface area contributed by atoms with Gasteiger partial charge in [0.15, 0.2) is 0 Å². The highest BCUT2D eigenvalue weighted by Crippen LogP contribution is 2.18. The Kier molecular flexibility index (Phi) is 4.15. The zero-order valence-corrected chi connectivity index (χ0v) is 12.1. The lowest BCUT2D eigenvalue weighted by Gasteiger charge is -2.08. The van der Waals surface area contributed by atoms with Crippen LogP contribution in [0.3, 0.4) is 0 Å². The van der Waals surface area contributed by atoms with Gasteiger partial charge < -0.3 is 5.32 Å². The molecule has 3 aromatic carbocycles. The molecule has 0 unspecified atom stereocenters. The first kappa shape index (κ1) is 14.3. The zero-order chi connectivity index (χ0) is 15.4. The normalized spacial score (nSPS) is 10.6. The molecule has 0 aliphatic rings. The number of rotatable bonds is 4. The quantitative estimate of drug-likeness (QED) is 0.778. The maximum Gasteiger partial charge on any atom is 0.224 e. The molecular formula is C19H16FNO. The number of benzene rings is 3. The third-order valence-corrected chi connectivity index (χ3v) is 3.66. The van der Waals surface area contributed by atoms with Gasteiger partial charge in [0.05, 0.1) is 6.42 Å². The van der Waals surface area contributed by atoms with Crippen LogP contribution in [0.2, 0.25) is 0 Å². The van der Waals surface area contributed by atoms with Crippen molar-refractivity contribution in [2.24, 2.45) is 0 Å². The van der Waals surface area contributed by atoms with Gasteiger partial charge in [0.25, 0.3) is 0 Å². The first-order valence-corrected chi connectivity index (χ1v) is 7.21. The summed E-state index contributed by atoms with van der Waals surface area (Å²) in [5.74, 6) is -0.410. The Balaban J connectivity index is 1.70. The maximum absolute atomic E-state index is 13.5. The minimum atomic E-state index is -0.298. The number of amides is 1. The Bertz CT molecular complexity index is 808. The highest BCUT2D eigenvalue weighted by Gasteiger charge is 2.08. The summed E-state index contributed by atoms with van der Waals surface area (Å²) in [5, 5.41) is 4.96. The second-order valence-electron chi connectivity index (χ2n) is 5.18. The van der Waals surface area contributed by atoms with E-state index < -0.39 is 0 Å². The Morgan fingerprint density at radius 1 is 0.864 bits per heavy atom. The van der Waals surface area contributed by atoms with E-state index in [0.717, 1.165) is 16.3 Å². The van der Waals surface area contributed by atoms with Gasteiger partial charge in [-0.25, -0.2) is 4.39 Å². The van der Waals surface area contributed by atoms with Crippen molar-refractivity contribution in [3.63, 3.8) is 0 Å². The number of hydrogen-bond donors (Lipinski definition) is 1. The molecule has 0 atom stereocenters. The lowest BCUT2D eigenvalue weighted by atomic mass is 10.0. The van der Waals surface area contributed by atoms with Crippen LogP contribution in [0, 0.1) is 5.82 Å². The van der Waals surface area contributed by atoms with Crippen LogP contribution in [0.1, 0.15) is 11.1 Å². The molecule has 0 aliphatic heterocycles. The zero-order valence-electron chi connectivity index (χ0n) is 12.1. The molecular weight excluding hydrogens is 277 g/mol. The van der Waals surface area contributed by atoms with Crippen LogP contribution in [0.5, 0.6) is 0 Å². The van der Waals surface area contributed by atoms with Gasteiger partial charge in [-0.15, -0.1) is 0 Å². The van der Waals surface area contributed by atoms with Crippen molar-refractivity contribution in [3.8, 4) is 0 Å². The fraction of sp³-hybridized carbons (Fsp3) is 0.105. The molecule has 0 aromatic heterocycles. The van der Waals surface area contributed by atoms with Crippen molar-refractivity contribution in [3.05, 3.63) is 83.7 Å². The molecule has 1 amide bonds. The number of halogens is 1. The van der Waals surface area contributed by atoms with Gasteiger partial charge in [-0.05, 0) is 22.4 Å². The second-order valence-corrected chi connectivity index (χ2v) is 5.18. The number of nitrogens with one attached hydrogen (secondary N) is 1. The predicted molar refractivity (Wildman–Crippen MR) is 85.9 cm³/mol. The van der Waals surface area contributed by atoms with Gasteiger partial charge in [-0.1, -0.05) is 60.7 Å². The van der Waals surface area contributed by atoms with Crippen molar-refractivity contribution >= 4 is 16.7 Å². The second kappa shape index (κ2) is 6.39. The summed E-state index contributed by atoms with van der Waals surface area (Å²) in [6.07, 6.45) is 0.288. The molecule has 3 heteroatoms. The van der Waals surface area contributed by atoms with Crippen molar-refractivity contribution in [1.29, 1.82) is 0 Å². The maximum atomic E-state index is 13.5. The molecule has 0 spiro atoms. The van der Waals surface area contributed by atoms with Crippen LogP contribution in [0.25, 0.3) is 10.8 Å². The minimum absolute atomic E-state index is 0.111. The summed E-state index contributed by atoms with van der Waals surface area (Å²) in [5.41, 5.74) is 1.47. The van der Waals surface area contributed by atoms with Gasteiger partial charge in [0.2, 0.25) is 5.91 Å². The third-order valence-electron chi connectivity index (χ3n) is 3.66. The average molecular weight is 293 g/mol. The highest BCUT2D eigenvalue weighted by atomic mass is 19.1. The van der Waals surface area contributed by atoms with E-state index in [0.29, 0.717) is 5.56 Å². The summed E-state index contributed by atoms with van der Waals surface area (Å²) in [4.78, 5) is 12.1. The van der Waals surface area contributed by atoms with Crippen LogP contribution in [0.15, 0.2) is 66.7 Å². The van der Waals surface area contributed by atoms with Gasteiger partial charge in [-0.3, -0.25) is 4.79 Å². The molecule has 0 fully saturated rings. The minimum Gasteiger partial charge on any atom is -0.352 e. The van der Waals surface area contributed by atoms with E-state index in [-0.39, 0.29) is 24.7 Å². The Labute approximate surface area is 128 Å². The summed E-state index contributed by atoms with van der Waals surface area (Å²) in [7, 11) is 0. The van der Waals surface area contributed by atoms with E-state index >= 15 is 0 Å². The van der Waals surface area contributed by atoms with Crippen molar-refractivity contribution in [2.75, 3.05) is 0 Å². The molecule has 0 radical (unpaired) electrons. The molecule has 1 N–H and O–H groups in total. The lowest BCUT2D eigenvalue weighted by Crippen LogP contribution is -2.25. The lowest BCUT2D eigenvalue weighted by molar-refractivity contribution is -0.120. The number of carbonyl (C=O) groups is 1. The predicted octanol–water partition coefficient (Wildman–Crippen LogP) is 3.84. The van der Waals surface area contributed by atoms with Gasteiger partial charge in [0.1, 0.15) is 5.82 Å². The fourth-order valence-corrected chi connectivity index (χ4v) is 2.52. The average Bonchev–Trinajstić information content (AvgIpc) is 2.54. The van der Waals surface area contributed by atoms with E-state index in [1.165, 1.54) is 6.07 Å². The first-order chi connectivity index (χ1) is 10.7. The summed E-state index contributed by atoms with van der Waals surface area (Å²) in [6, 6.07) is 20.4. The smallest absolute Gasteiger partial charge is 0.224 e. The van der Waals surface area contributed by atoms with E-state index in [1.54, 1.807) is 18.2 Å². The number of carbonyl (C=O) groups excluding carboxylic acids is 1. The van der Waals surface area contributed by atoms with Crippen molar-refractivity contribution in [2.45, 2.75) is 13.0 Å². The molecule has 0 heterocycles. The Morgan fingerprint density at radius 3 is 2.41 bits per heavy atom. The van der Waals surface area contributed by atoms with Gasteiger partial charge in [0, 0.05) is 12.1 Å². The van der Waals surface area contributed by atoms with Crippen LogP contribution in [-0.4, -0.2) is 5.91 Å². The van der Waals surface area contributed by atoms with Gasteiger partial charge >= 0.3 is 0 Å². The number of fused-ring (bicyclic) bond motifs is 1. The molecule has 0 aliphatic carbocycles. The van der Waals surface area contributed by atoms with Crippen LogP contribution in [0.4, 0.5) is 4.39 Å². The molecule has 3 rings (SSSR count). The fourth-order valence-electron chi connectivity index (χ4n) is 2.52. The van der Waals surface area contributed by atoms with E-state index in [2.05, 4.69) is 5.32 Å². The topological polar surface area (TPSA) is 29.1 Å². The molecule has 22 heavy (non-hydrogen) atoms. The standard InChI is InChI=1S/C19H16FNO/c20-18-11-4-2-7-16(18)13-21-19(22)12-15-9-5-8-14-6-1-3-10-17(14)15/h1-11H,12-13H2,(H,21,22). The summed E-state index contributed by atoms with van der Waals surface area (Å²) < 4.78 is 13.5. The Morgan fingerprint density at radius 2 is 1.55 bits per heavy atom. The summed E-state index contributed by atoms with van der Waals surface area (Å²) >= 11 is 0. The van der Waals surface area contributed by atoms with Crippen LogP contribution >= 0.6 is 0 Å². The molecule has 0 bridgehead atoms. The van der Waals surface area contributed by atoms with E-state index in [4.69, 9.17) is 0 Å². The molecule has 0 saturated carbocycles. The molecule has 2 nitrogen and oxygen atoms in total. The Hall–Kier alpha value is -2.68. The van der Waals surface area contributed by atoms with Crippen LogP contribution < -0.4 is 5.32 Å². The van der Waals surface area contributed by atoms with Gasteiger partial charge in [-0.2, -0.15) is 0 Å². The first-order valence-electron chi connectivity index (χ1n) is 7.21. The molecule has 110 valence electrons. The van der Waals surface area contributed by atoms with E-state index in [9.17, 15) is 9.18 Å². The highest BCUT2D eigenvalue weighted by molar-refractivity contribution is 5.90. The monoisotopic (exact) mass is 293 g/mol. The molecule has 3 aromatic rings. The van der Waals surface area contributed by atoms with E-state index in [1.807, 2.05) is 42.5 Å².